The molecular formula is C21H23FN4O. The molecule has 2 aliphatic heterocycles. The summed E-state index contributed by atoms with van der Waals surface area (Å²) in [7, 11) is 4.12. The second-order valence-electron chi connectivity index (χ2n) is 7.22. The maximum absolute atomic E-state index is 14.7. The highest BCUT2D eigenvalue weighted by atomic mass is 19.1. The van der Waals surface area contributed by atoms with Crippen LogP contribution in [0.3, 0.4) is 0 Å². The normalized spacial score (nSPS) is 20.3. The van der Waals surface area contributed by atoms with E-state index < -0.39 is 0 Å². The third kappa shape index (κ3) is 3.40. The van der Waals surface area contributed by atoms with Gasteiger partial charge in [0.1, 0.15) is 5.82 Å². The van der Waals surface area contributed by atoms with Crippen molar-refractivity contribution in [3.8, 4) is 0 Å². The van der Waals surface area contributed by atoms with Crippen LogP contribution in [0.2, 0.25) is 0 Å². The second kappa shape index (κ2) is 7.04. The predicted molar refractivity (Wildman–Crippen MR) is 107 cm³/mol. The minimum Gasteiger partial charge on any atom is -0.368 e. The van der Waals surface area contributed by atoms with Gasteiger partial charge in [0, 0.05) is 42.3 Å². The minimum atomic E-state index is -0.255. The summed E-state index contributed by atoms with van der Waals surface area (Å²) in [6, 6.07) is 13.1. The number of halogens is 1. The number of hydrogen-bond acceptors (Lipinski definition) is 4. The topological polar surface area (TPSA) is 47.6 Å². The summed E-state index contributed by atoms with van der Waals surface area (Å²) in [6.45, 7) is 1.69. The van der Waals surface area contributed by atoms with E-state index in [0.29, 0.717) is 23.0 Å². The molecule has 27 heavy (non-hydrogen) atoms. The van der Waals surface area contributed by atoms with Crippen molar-refractivity contribution in [2.45, 2.75) is 12.5 Å². The van der Waals surface area contributed by atoms with Crippen molar-refractivity contribution in [2.24, 2.45) is 0 Å². The van der Waals surface area contributed by atoms with Gasteiger partial charge in [-0.2, -0.15) is 0 Å². The second-order valence-corrected chi connectivity index (χ2v) is 7.22. The van der Waals surface area contributed by atoms with Crippen molar-refractivity contribution in [3.05, 3.63) is 60.0 Å². The Morgan fingerprint density at radius 1 is 1.26 bits per heavy atom. The molecule has 1 amide bonds. The summed E-state index contributed by atoms with van der Waals surface area (Å²) in [5.74, 6) is -0.415. The SMILES string of the molecule is CN(C)C1CCN(c2ccc(NC=C3C(=O)Nc4ccccc43)cc2F)C1. The number of nitrogens with zero attached hydrogens (tertiary/aromatic N) is 2. The Morgan fingerprint density at radius 3 is 2.81 bits per heavy atom. The van der Waals surface area contributed by atoms with Crippen molar-refractivity contribution in [1.29, 1.82) is 0 Å². The van der Waals surface area contributed by atoms with Crippen LogP contribution in [0.1, 0.15) is 12.0 Å². The van der Waals surface area contributed by atoms with Crippen LogP contribution in [-0.2, 0) is 4.79 Å². The number of benzene rings is 2. The molecule has 2 aromatic rings. The van der Waals surface area contributed by atoms with E-state index in [1.807, 2.05) is 30.3 Å². The maximum Gasteiger partial charge on any atom is 0.257 e. The van der Waals surface area contributed by atoms with E-state index in [1.165, 1.54) is 6.07 Å². The fraction of sp³-hybridized carbons (Fsp3) is 0.286. The van der Waals surface area contributed by atoms with Crippen molar-refractivity contribution < 1.29 is 9.18 Å². The van der Waals surface area contributed by atoms with E-state index in [2.05, 4.69) is 34.5 Å². The highest BCUT2D eigenvalue weighted by Crippen LogP contribution is 2.32. The first kappa shape index (κ1) is 17.5. The Hall–Kier alpha value is -2.86. The van der Waals surface area contributed by atoms with Crippen molar-refractivity contribution in [3.63, 3.8) is 0 Å². The monoisotopic (exact) mass is 366 g/mol. The standard InChI is InChI=1S/C21H23FN4O/c1-25(2)15-9-10-26(13-15)20-8-7-14(11-18(20)22)23-12-17-16-5-3-4-6-19(16)24-21(17)27/h3-8,11-12,15,23H,9-10,13H2,1-2H3,(H,24,27). The van der Waals surface area contributed by atoms with Gasteiger partial charge in [-0.15, -0.1) is 0 Å². The van der Waals surface area contributed by atoms with Gasteiger partial charge in [-0.1, -0.05) is 18.2 Å². The van der Waals surface area contributed by atoms with Crippen LogP contribution in [0.5, 0.6) is 0 Å². The minimum absolute atomic E-state index is 0.160. The van der Waals surface area contributed by atoms with Gasteiger partial charge in [-0.25, -0.2) is 4.39 Å². The number of fused-ring (bicyclic) bond motifs is 1. The lowest BCUT2D eigenvalue weighted by molar-refractivity contribution is -0.110. The average molecular weight is 366 g/mol. The van der Waals surface area contributed by atoms with Gasteiger partial charge in [0.2, 0.25) is 0 Å². The molecule has 2 heterocycles. The lowest BCUT2D eigenvalue weighted by Crippen LogP contribution is -2.31. The molecule has 0 aliphatic carbocycles. The molecule has 2 aromatic carbocycles. The Balaban J connectivity index is 1.50. The summed E-state index contributed by atoms with van der Waals surface area (Å²) < 4.78 is 14.7. The molecule has 1 saturated heterocycles. The van der Waals surface area contributed by atoms with Crippen LogP contribution in [0, 0.1) is 5.82 Å². The first-order valence-electron chi connectivity index (χ1n) is 9.11. The number of hydrogen-bond donors (Lipinski definition) is 2. The lowest BCUT2D eigenvalue weighted by Gasteiger charge is -2.22. The zero-order chi connectivity index (χ0) is 19.0. The number of para-hydroxylation sites is 1. The summed E-state index contributed by atoms with van der Waals surface area (Å²) >= 11 is 0. The number of amides is 1. The Labute approximate surface area is 158 Å². The molecule has 1 unspecified atom stereocenters. The van der Waals surface area contributed by atoms with Gasteiger partial charge in [0.05, 0.1) is 11.3 Å². The molecule has 5 nitrogen and oxygen atoms in total. The molecule has 6 heteroatoms. The highest BCUT2D eigenvalue weighted by molar-refractivity contribution is 6.31. The Morgan fingerprint density at radius 2 is 2.07 bits per heavy atom. The van der Waals surface area contributed by atoms with Crippen LogP contribution in [-0.4, -0.2) is 44.0 Å². The zero-order valence-electron chi connectivity index (χ0n) is 15.5. The molecule has 0 spiro atoms. The largest absolute Gasteiger partial charge is 0.368 e. The molecule has 0 saturated carbocycles. The summed E-state index contributed by atoms with van der Waals surface area (Å²) in [5.41, 5.74) is 3.43. The molecule has 0 bridgehead atoms. The van der Waals surface area contributed by atoms with Crippen molar-refractivity contribution in [2.75, 3.05) is 42.7 Å². The number of rotatable bonds is 4. The van der Waals surface area contributed by atoms with E-state index >= 15 is 0 Å². The summed E-state index contributed by atoms with van der Waals surface area (Å²) in [4.78, 5) is 16.4. The molecule has 2 N–H and O–H groups in total. The lowest BCUT2D eigenvalue weighted by atomic mass is 10.1. The van der Waals surface area contributed by atoms with E-state index in [1.54, 1.807) is 12.3 Å². The number of carbonyl (C=O) groups is 1. The summed E-state index contributed by atoms with van der Waals surface area (Å²) in [6.07, 6.45) is 2.67. The van der Waals surface area contributed by atoms with Crippen LogP contribution in [0.25, 0.3) is 5.57 Å². The van der Waals surface area contributed by atoms with Gasteiger partial charge in [-0.3, -0.25) is 4.79 Å². The number of anilines is 3. The van der Waals surface area contributed by atoms with Crippen LogP contribution >= 0.6 is 0 Å². The first-order chi connectivity index (χ1) is 13.0. The van der Waals surface area contributed by atoms with Crippen LogP contribution in [0.4, 0.5) is 21.5 Å². The molecule has 1 fully saturated rings. The van der Waals surface area contributed by atoms with Crippen LogP contribution in [0.15, 0.2) is 48.7 Å². The van der Waals surface area contributed by atoms with Crippen molar-refractivity contribution >= 4 is 28.5 Å². The van der Waals surface area contributed by atoms with Crippen molar-refractivity contribution in [1.82, 2.24) is 4.90 Å². The average Bonchev–Trinajstić information content (AvgIpc) is 3.24. The fourth-order valence-corrected chi connectivity index (χ4v) is 3.67. The van der Waals surface area contributed by atoms with Gasteiger partial charge in [0.15, 0.2) is 0 Å². The fourth-order valence-electron chi connectivity index (χ4n) is 3.67. The van der Waals surface area contributed by atoms with E-state index in [4.69, 9.17) is 0 Å². The zero-order valence-corrected chi connectivity index (χ0v) is 15.5. The molecule has 140 valence electrons. The van der Waals surface area contributed by atoms with E-state index in [-0.39, 0.29) is 11.7 Å². The highest BCUT2D eigenvalue weighted by Gasteiger charge is 2.26. The maximum atomic E-state index is 14.7. The van der Waals surface area contributed by atoms with E-state index in [9.17, 15) is 9.18 Å². The molecule has 0 radical (unpaired) electrons. The third-order valence-electron chi connectivity index (χ3n) is 5.28. The van der Waals surface area contributed by atoms with Crippen LogP contribution < -0.4 is 15.5 Å². The molecule has 4 rings (SSSR count). The molecule has 0 aromatic heterocycles. The van der Waals surface area contributed by atoms with Gasteiger partial charge >= 0.3 is 0 Å². The number of nitrogens with one attached hydrogen (secondary N) is 2. The Kier molecular flexibility index (Phi) is 4.58. The third-order valence-corrected chi connectivity index (χ3v) is 5.28. The first-order valence-corrected chi connectivity index (χ1v) is 9.11. The molecule has 2 aliphatic rings. The van der Waals surface area contributed by atoms with Gasteiger partial charge in [-0.05, 0) is 44.8 Å². The molecule has 1 atom stereocenters. The quantitative estimate of drug-likeness (QED) is 0.815. The van der Waals surface area contributed by atoms with Gasteiger partial charge in [0.25, 0.3) is 5.91 Å². The smallest absolute Gasteiger partial charge is 0.257 e. The Bertz CT molecular complexity index is 909. The molecular weight excluding hydrogens is 343 g/mol. The number of likely N-dealkylation sites (N-methyl/N-ethyl adjacent to an activating group) is 1. The van der Waals surface area contributed by atoms with E-state index in [0.717, 1.165) is 30.8 Å². The van der Waals surface area contributed by atoms with Gasteiger partial charge < -0.3 is 20.4 Å². The number of carbonyl (C=O) groups excluding carboxylic acids is 1. The summed E-state index contributed by atoms with van der Waals surface area (Å²) in [5, 5.41) is 5.88. The predicted octanol–water partition coefficient (Wildman–Crippen LogP) is 3.37.